The molecule has 0 aliphatic heterocycles. The van der Waals surface area contributed by atoms with Gasteiger partial charge in [0, 0.05) is 23.1 Å². The lowest BCUT2D eigenvalue weighted by atomic mass is 10.0. The number of benzene rings is 1. The molecule has 7 heteroatoms. The first-order chi connectivity index (χ1) is 10.8. The molecule has 2 rings (SSSR count). The summed E-state index contributed by atoms with van der Waals surface area (Å²) >= 11 is 0. The van der Waals surface area contributed by atoms with Crippen molar-refractivity contribution < 1.29 is 13.2 Å². The number of rotatable bonds is 7. The number of nitrogens with one attached hydrogen (secondary N) is 3. The highest BCUT2D eigenvalue weighted by molar-refractivity contribution is 7.89. The zero-order chi connectivity index (χ0) is 17.0. The lowest BCUT2D eigenvalue weighted by Gasteiger charge is -2.19. The van der Waals surface area contributed by atoms with Crippen LogP contribution in [-0.4, -0.2) is 37.1 Å². The number of para-hydroxylation sites is 1. The molecule has 126 valence electrons. The van der Waals surface area contributed by atoms with Gasteiger partial charge >= 0.3 is 0 Å². The SMILES string of the molecule is CCS(=O)(=O)N[C@H](Cc1c[nH]c2ccccc12)C(=O)NC(C)C. The number of fused-ring (bicyclic) bond motifs is 1. The first kappa shape index (κ1) is 17.5. The number of hydrogen-bond donors (Lipinski definition) is 3. The maximum atomic E-state index is 12.4. The normalized spacial score (nSPS) is 13.4. The van der Waals surface area contributed by atoms with E-state index in [9.17, 15) is 13.2 Å². The first-order valence-corrected chi connectivity index (χ1v) is 9.33. The molecular weight excluding hydrogens is 314 g/mol. The number of H-pyrrole nitrogens is 1. The van der Waals surface area contributed by atoms with Crippen LogP contribution in [0.3, 0.4) is 0 Å². The molecule has 0 bridgehead atoms. The quantitative estimate of drug-likeness (QED) is 0.716. The molecule has 0 saturated carbocycles. The molecule has 3 N–H and O–H groups in total. The second-order valence-corrected chi connectivity index (χ2v) is 7.84. The van der Waals surface area contributed by atoms with Crippen molar-refractivity contribution in [2.75, 3.05) is 5.75 Å². The molecule has 0 radical (unpaired) electrons. The standard InChI is InChI=1S/C16H23N3O3S/c1-4-23(21,22)19-15(16(20)18-11(2)3)9-12-10-17-14-8-6-5-7-13(12)14/h5-8,10-11,15,17,19H,4,9H2,1-3H3,(H,18,20)/t15-/m1/s1. The highest BCUT2D eigenvalue weighted by Gasteiger charge is 2.25. The number of carbonyl (C=O) groups is 1. The maximum Gasteiger partial charge on any atom is 0.238 e. The van der Waals surface area contributed by atoms with Gasteiger partial charge in [0.05, 0.1) is 5.75 Å². The number of aromatic amines is 1. The molecule has 0 aliphatic rings. The largest absolute Gasteiger partial charge is 0.361 e. The van der Waals surface area contributed by atoms with Crippen LogP contribution >= 0.6 is 0 Å². The second kappa shape index (κ2) is 7.14. The van der Waals surface area contributed by atoms with Gasteiger partial charge in [-0.2, -0.15) is 0 Å². The zero-order valence-electron chi connectivity index (χ0n) is 13.6. The Labute approximate surface area is 136 Å². The van der Waals surface area contributed by atoms with E-state index < -0.39 is 16.1 Å². The summed E-state index contributed by atoms with van der Waals surface area (Å²) in [6.07, 6.45) is 2.11. The summed E-state index contributed by atoms with van der Waals surface area (Å²) in [5.74, 6) is -0.380. The van der Waals surface area contributed by atoms with E-state index in [0.29, 0.717) is 6.42 Å². The number of hydrogen-bond acceptors (Lipinski definition) is 3. The smallest absolute Gasteiger partial charge is 0.238 e. The summed E-state index contributed by atoms with van der Waals surface area (Å²) in [5.41, 5.74) is 1.87. The van der Waals surface area contributed by atoms with Gasteiger partial charge in [-0.3, -0.25) is 4.79 Å². The number of amides is 1. The third-order valence-corrected chi connectivity index (χ3v) is 4.95. The molecule has 23 heavy (non-hydrogen) atoms. The van der Waals surface area contributed by atoms with E-state index in [-0.39, 0.29) is 17.7 Å². The van der Waals surface area contributed by atoms with Gasteiger partial charge in [-0.15, -0.1) is 0 Å². The van der Waals surface area contributed by atoms with Gasteiger partial charge in [-0.05, 0) is 38.8 Å². The second-order valence-electron chi connectivity index (χ2n) is 5.80. The van der Waals surface area contributed by atoms with Crippen LogP contribution in [0, 0.1) is 0 Å². The zero-order valence-corrected chi connectivity index (χ0v) is 14.4. The Morgan fingerprint density at radius 1 is 1.26 bits per heavy atom. The Morgan fingerprint density at radius 3 is 2.61 bits per heavy atom. The number of sulfonamides is 1. The Balaban J connectivity index is 2.28. The Hall–Kier alpha value is -1.86. The highest BCUT2D eigenvalue weighted by atomic mass is 32.2. The summed E-state index contributed by atoms with van der Waals surface area (Å²) in [5, 5.41) is 3.77. The highest BCUT2D eigenvalue weighted by Crippen LogP contribution is 2.19. The predicted octanol–water partition coefficient (Wildman–Crippen LogP) is 1.54. The Kier molecular flexibility index (Phi) is 5.43. The lowest BCUT2D eigenvalue weighted by molar-refractivity contribution is -0.123. The number of carbonyl (C=O) groups excluding carboxylic acids is 1. The van der Waals surface area contributed by atoms with E-state index in [0.717, 1.165) is 16.5 Å². The van der Waals surface area contributed by atoms with E-state index >= 15 is 0 Å². The van der Waals surface area contributed by atoms with E-state index in [1.54, 1.807) is 6.92 Å². The maximum absolute atomic E-state index is 12.4. The molecule has 0 fully saturated rings. The molecule has 1 aromatic carbocycles. The van der Waals surface area contributed by atoms with Crippen LogP contribution in [0.2, 0.25) is 0 Å². The molecule has 0 spiro atoms. The fraction of sp³-hybridized carbons (Fsp3) is 0.438. The van der Waals surface area contributed by atoms with Gasteiger partial charge in [-0.1, -0.05) is 18.2 Å². The van der Waals surface area contributed by atoms with Crippen molar-refractivity contribution in [2.24, 2.45) is 0 Å². The van der Waals surface area contributed by atoms with Crippen LogP contribution in [0.25, 0.3) is 10.9 Å². The van der Waals surface area contributed by atoms with Crippen LogP contribution < -0.4 is 10.0 Å². The monoisotopic (exact) mass is 337 g/mol. The predicted molar refractivity (Wildman–Crippen MR) is 91.7 cm³/mol. The van der Waals surface area contributed by atoms with Crippen molar-refractivity contribution in [3.63, 3.8) is 0 Å². The van der Waals surface area contributed by atoms with E-state index in [1.165, 1.54) is 0 Å². The minimum absolute atomic E-state index is 0.0564. The summed E-state index contributed by atoms with van der Waals surface area (Å²) in [6, 6.07) is 6.84. The molecule has 1 heterocycles. The van der Waals surface area contributed by atoms with E-state index in [1.807, 2.05) is 44.3 Å². The van der Waals surface area contributed by atoms with Gasteiger partial charge in [0.2, 0.25) is 15.9 Å². The Bertz CT molecular complexity index is 781. The van der Waals surface area contributed by atoms with Crippen LogP contribution in [0.15, 0.2) is 30.5 Å². The summed E-state index contributed by atoms with van der Waals surface area (Å²) < 4.78 is 26.3. The third-order valence-electron chi connectivity index (χ3n) is 3.55. The fourth-order valence-corrected chi connectivity index (χ4v) is 3.18. The molecule has 0 aliphatic carbocycles. The minimum atomic E-state index is -3.48. The topological polar surface area (TPSA) is 91.1 Å². The van der Waals surface area contributed by atoms with Crippen LogP contribution in [0.5, 0.6) is 0 Å². The third kappa shape index (κ3) is 4.56. The van der Waals surface area contributed by atoms with Gasteiger partial charge in [0.25, 0.3) is 0 Å². The summed E-state index contributed by atoms with van der Waals surface area (Å²) in [7, 11) is -3.48. The van der Waals surface area contributed by atoms with Gasteiger partial charge in [-0.25, -0.2) is 13.1 Å². The van der Waals surface area contributed by atoms with Crippen LogP contribution in [0.4, 0.5) is 0 Å². The van der Waals surface area contributed by atoms with E-state index in [2.05, 4.69) is 15.0 Å². The van der Waals surface area contributed by atoms with Crippen molar-refractivity contribution in [2.45, 2.75) is 39.3 Å². The molecule has 1 aromatic heterocycles. The summed E-state index contributed by atoms with van der Waals surface area (Å²) in [4.78, 5) is 15.5. The Morgan fingerprint density at radius 2 is 1.96 bits per heavy atom. The number of aromatic nitrogens is 1. The van der Waals surface area contributed by atoms with Crippen LogP contribution in [-0.2, 0) is 21.2 Å². The molecule has 2 aromatic rings. The van der Waals surface area contributed by atoms with Crippen molar-refractivity contribution in [3.05, 3.63) is 36.0 Å². The van der Waals surface area contributed by atoms with Crippen molar-refractivity contribution >= 4 is 26.8 Å². The molecular formula is C16H23N3O3S. The molecule has 6 nitrogen and oxygen atoms in total. The molecule has 1 amide bonds. The van der Waals surface area contributed by atoms with Gasteiger partial charge in [0.15, 0.2) is 0 Å². The summed E-state index contributed by atoms with van der Waals surface area (Å²) in [6.45, 7) is 5.23. The lowest BCUT2D eigenvalue weighted by Crippen LogP contribution is -2.49. The fourth-order valence-electron chi connectivity index (χ4n) is 2.39. The minimum Gasteiger partial charge on any atom is -0.361 e. The van der Waals surface area contributed by atoms with E-state index in [4.69, 9.17) is 0 Å². The van der Waals surface area contributed by atoms with Gasteiger partial charge < -0.3 is 10.3 Å². The first-order valence-electron chi connectivity index (χ1n) is 7.67. The van der Waals surface area contributed by atoms with Gasteiger partial charge in [0.1, 0.15) is 6.04 Å². The van der Waals surface area contributed by atoms with Crippen LogP contribution in [0.1, 0.15) is 26.3 Å². The van der Waals surface area contributed by atoms with Crippen molar-refractivity contribution in [1.82, 2.24) is 15.0 Å². The molecule has 0 unspecified atom stereocenters. The molecule has 0 saturated heterocycles. The van der Waals surface area contributed by atoms with Crippen molar-refractivity contribution in [3.8, 4) is 0 Å². The average Bonchev–Trinajstić information content (AvgIpc) is 2.89. The van der Waals surface area contributed by atoms with Crippen molar-refractivity contribution in [1.29, 1.82) is 0 Å². The molecule has 1 atom stereocenters. The average molecular weight is 337 g/mol.